The zero-order valence-corrected chi connectivity index (χ0v) is 11.7. The number of hydrogen-bond donors (Lipinski definition) is 1. The Labute approximate surface area is 123 Å². The molecule has 2 aromatic rings. The first kappa shape index (κ1) is 16.5. The molecule has 110 valence electrons. The first-order valence-electron chi connectivity index (χ1n) is 6.51. The van der Waals surface area contributed by atoms with Gasteiger partial charge in [-0.15, -0.1) is 0 Å². The number of rotatable bonds is 4. The molecule has 2 aromatic carbocycles. The Morgan fingerprint density at radius 1 is 1.19 bits per heavy atom. The molecule has 0 fully saturated rings. The normalized spacial score (nSPS) is 11.0. The van der Waals surface area contributed by atoms with Gasteiger partial charge >= 0.3 is 0 Å². The predicted molar refractivity (Wildman–Crippen MR) is 80.2 cm³/mol. The second-order valence-corrected chi connectivity index (χ2v) is 4.30. The van der Waals surface area contributed by atoms with Crippen molar-refractivity contribution in [3.63, 3.8) is 0 Å². The largest absolute Gasteiger partial charge is 0.388 e. The third-order valence-electron chi connectivity index (χ3n) is 2.79. The summed E-state index contributed by atoms with van der Waals surface area (Å²) >= 11 is 0. The van der Waals surface area contributed by atoms with Crippen LogP contribution in [0.25, 0.3) is 0 Å². The predicted octanol–water partition coefficient (Wildman–Crippen LogP) is 3.54. The lowest BCUT2D eigenvalue weighted by Gasteiger charge is -2.06. The van der Waals surface area contributed by atoms with E-state index in [1.54, 1.807) is 24.3 Å². The average molecular weight is 287 g/mol. The molecule has 0 aliphatic carbocycles. The molecule has 0 aliphatic heterocycles. The highest BCUT2D eigenvalue weighted by Crippen LogP contribution is 2.20. The third-order valence-corrected chi connectivity index (χ3v) is 2.79. The number of carbonyl (C=O) groups excluding carboxylic acids is 1. The van der Waals surface area contributed by atoms with Crippen molar-refractivity contribution in [3.8, 4) is 0 Å². The van der Waals surface area contributed by atoms with Gasteiger partial charge in [-0.1, -0.05) is 49.4 Å². The zero-order valence-electron chi connectivity index (χ0n) is 11.7. The molecule has 0 radical (unpaired) electrons. The molecular weight excluding hydrogens is 270 g/mol. The van der Waals surface area contributed by atoms with Gasteiger partial charge in [0.05, 0.1) is 11.0 Å². The van der Waals surface area contributed by atoms with Crippen molar-refractivity contribution in [1.29, 1.82) is 0 Å². The summed E-state index contributed by atoms with van der Waals surface area (Å²) < 4.78 is 0. The minimum atomic E-state index is -0.611. The Morgan fingerprint density at radius 3 is 2.33 bits per heavy atom. The van der Waals surface area contributed by atoms with Crippen LogP contribution in [0.1, 0.15) is 35.4 Å². The van der Waals surface area contributed by atoms with E-state index < -0.39 is 11.0 Å². The monoisotopic (exact) mass is 287 g/mol. The quantitative estimate of drug-likeness (QED) is 0.530. The lowest BCUT2D eigenvalue weighted by atomic mass is 10.1. The fraction of sp³-hybridized carbons (Fsp3) is 0.188. The lowest BCUT2D eigenvalue weighted by Crippen LogP contribution is -1.96. The van der Waals surface area contributed by atoms with E-state index in [0.29, 0.717) is 12.0 Å². The van der Waals surface area contributed by atoms with Crippen molar-refractivity contribution < 1.29 is 14.8 Å². The number of benzene rings is 2. The summed E-state index contributed by atoms with van der Waals surface area (Å²) in [6.07, 6.45) is 0.779. The van der Waals surface area contributed by atoms with Crippen LogP contribution in [-0.2, 0) is 0 Å². The Bertz CT molecular complexity index is 584. The first-order chi connectivity index (χ1) is 10.1. The average Bonchev–Trinajstić information content (AvgIpc) is 2.55. The minimum Gasteiger partial charge on any atom is -0.388 e. The number of nitro benzene ring substituents is 1. The van der Waals surface area contributed by atoms with Gasteiger partial charge in [0.15, 0.2) is 0 Å². The van der Waals surface area contributed by atoms with Gasteiger partial charge in [0.2, 0.25) is 0 Å². The lowest BCUT2D eigenvalue weighted by molar-refractivity contribution is -0.385. The molecule has 0 spiro atoms. The number of carbonyl (C=O) groups is 1. The van der Waals surface area contributed by atoms with Crippen molar-refractivity contribution in [2.24, 2.45) is 0 Å². The molecule has 0 aliphatic rings. The highest BCUT2D eigenvalue weighted by atomic mass is 16.6. The fourth-order valence-corrected chi connectivity index (χ4v) is 1.61. The maximum Gasteiger partial charge on any atom is 0.269 e. The molecule has 0 saturated carbocycles. The summed E-state index contributed by atoms with van der Waals surface area (Å²) in [5, 5.41) is 19.8. The van der Waals surface area contributed by atoms with Crippen LogP contribution in [0.15, 0.2) is 54.6 Å². The zero-order chi connectivity index (χ0) is 15.7. The van der Waals surface area contributed by atoms with Crippen molar-refractivity contribution in [3.05, 3.63) is 75.8 Å². The smallest absolute Gasteiger partial charge is 0.269 e. The van der Waals surface area contributed by atoms with Gasteiger partial charge < -0.3 is 5.11 Å². The highest BCUT2D eigenvalue weighted by Gasteiger charge is 2.09. The van der Waals surface area contributed by atoms with Crippen LogP contribution < -0.4 is 0 Å². The van der Waals surface area contributed by atoms with E-state index in [4.69, 9.17) is 0 Å². The van der Waals surface area contributed by atoms with E-state index in [1.165, 1.54) is 12.1 Å². The van der Waals surface area contributed by atoms with Crippen LogP contribution >= 0.6 is 0 Å². The van der Waals surface area contributed by atoms with Gasteiger partial charge in [-0.2, -0.15) is 0 Å². The molecule has 5 nitrogen and oxygen atoms in total. The van der Waals surface area contributed by atoms with Crippen LogP contribution in [0, 0.1) is 10.1 Å². The molecule has 21 heavy (non-hydrogen) atoms. The van der Waals surface area contributed by atoms with Crippen molar-refractivity contribution in [1.82, 2.24) is 0 Å². The van der Waals surface area contributed by atoms with Crippen molar-refractivity contribution >= 4 is 12.0 Å². The molecule has 0 saturated heterocycles. The maximum atomic E-state index is 10.4. The minimum absolute atomic E-state index is 0.0185. The van der Waals surface area contributed by atoms with Gasteiger partial charge in [-0.05, 0) is 12.0 Å². The maximum absolute atomic E-state index is 10.4. The summed E-state index contributed by atoms with van der Waals surface area (Å²) in [4.78, 5) is 19.9. The number of nitrogens with zero attached hydrogens (tertiary/aromatic N) is 1. The van der Waals surface area contributed by atoms with Crippen molar-refractivity contribution in [2.75, 3.05) is 0 Å². The molecule has 0 aromatic heterocycles. The molecule has 0 amide bonds. The van der Waals surface area contributed by atoms with Crippen LogP contribution in [-0.4, -0.2) is 16.3 Å². The van der Waals surface area contributed by atoms with Crippen LogP contribution in [0.4, 0.5) is 5.69 Å². The van der Waals surface area contributed by atoms with Gasteiger partial charge in [0.25, 0.3) is 5.69 Å². The van der Waals surface area contributed by atoms with E-state index in [2.05, 4.69) is 0 Å². The summed E-state index contributed by atoms with van der Waals surface area (Å²) in [6.45, 7) is 1.82. The van der Waals surface area contributed by atoms with Crippen LogP contribution in [0.3, 0.4) is 0 Å². The first-order valence-corrected chi connectivity index (χ1v) is 6.51. The van der Waals surface area contributed by atoms with Gasteiger partial charge in [-0.3, -0.25) is 14.9 Å². The second-order valence-electron chi connectivity index (χ2n) is 4.30. The third kappa shape index (κ3) is 5.54. The highest BCUT2D eigenvalue weighted by molar-refractivity contribution is 5.74. The molecule has 0 heterocycles. The Hall–Kier alpha value is -2.53. The molecule has 1 atom stereocenters. The summed E-state index contributed by atoms with van der Waals surface area (Å²) in [5.74, 6) is 0. The number of hydrogen-bond acceptors (Lipinski definition) is 4. The summed E-state index contributed by atoms with van der Waals surface area (Å²) in [7, 11) is 0. The fourth-order valence-electron chi connectivity index (χ4n) is 1.61. The van der Waals surface area contributed by atoms with Crippen LogP contribution in [0.2, 0.25) is 0 Å². The Kier molecular flexibility index (Phi) is 6.77. The molecule has 0 bridgehead atoms. The topological polar surface area (TPSA) is 80.4 Å². The van der Waals surface area contributed by atoms with Gasteiger partial charge in [-0.25, -0.2) is 0 Å². The Balaban J connectivity index is 0.000000235. The molecule has 1 unspecified atom stereocenters. The van der Waals surface area contributed by atoms with Gasteiger partial charge in [0.1, 0.15) is 6.29 Å². The SMILES string of the molecule is CCC(O)c1cccc([N+](=O)[O-])c1.O=Cc1ccccc1. The van der Waals surface area contributed by atoms with E-state index in [9.17, 15) is 20.0 Å². The summed E-state index contributed by atoms with van der Waals surface area (Å²) in [5.41, 5.74) is 1.34. The van der Waals surface area contributed by atoms with Crippen molar-refractivity contribution in [2.45, 2.75) is 19.4 Å². The van der Waals surface area contributed by atoms with E-state index >= 15 is 0 Å². The molecule has 2 rings (SSSR count). The molecular formula is C16H17NO4. The van der Waals surface area contributed by atoms with E-state index in [0.717, 1.165) is 11.8 Å². The summed E-state index contributed by atoms with van der Waals surface area (Å²) in [6, 6.07) is 15.2. The van der Waals surface area contributed by atoms with E-state index in [1.807, 2.05) is 25.1 Å². The number of aliphatic hydroxyl groups excluding tert-OH is 1. The number of aliphatic hydroxyl groups is 1. The van der Waals surface area contributed by atoms with Crippen LogP contribution in [0.5, 0.6) is 0 Å². The number of nitro groups is 1. The molecule has 1 N–H and O–H groups in total. The van der Waals surface area contributed by atoms with E-state index in [-0.39, 0.29) is 5.69 Å². The number of aldehydes is 1. The second kappa shape index (κ2) is 8.60. The number of non-ortho nitro benzene ring substituents is 1. The Morgan fingerprint density at radius 2 is 1.86 bits per heavy atom. The van der Waals surface area contributed by atoms with Gasteiger partial charge in [0, 0.05) is 17.7 Å². The molecule has 5 heteroatoms. The standard InChI is InChI=1S/C9H11NO3.C7H6O/c1-2-9(11)7-4-3-5-8(6-7)10(12)13;8-6-7-4-2-1-3-5-7/h3-6,9,11H,2H2,1H3;1-6H.